The zero-order valence-corrected chi connectivity index (χ0v) is 6.84. The Kier molecular flexibility index (Phi) is 4.84. The second-order valence-electron chi connectivity index (χ2n) is 2.45. The van der Waals surface area contributed by atoms with Gasteiger partial charge in [0.05, 0.1) is 6.61 Å². The van der Waals surface area contributed by atoms with Crippen LogP contribution in [0.1, 0.15) is 0 Å². The summed E-state index contributed by atoms with van der Waals surface area (Å²) in [4.78, 5) is 0. The van der Waals surface area contributed by atoms with Crippen molar-refractivity contribution in [2.45, 2.75) is 18.3 Å². The Balaban J connectivity index is 3.99. The van der Waals surface area contributed by atoms with Gasteiger partial charge in [-0.15, -0.1) is 0 Å². The predicted octanol–water partition coefficient (Wildman–Crippen LogP) is -1.21. The van der Waals surface area contributed by atoms with Gasteiger partial charge in [-0.05, 0) is 0 Å². The fourth-order valence-corrected chi connectivity index (χ4v) is 0.677. The lowest BCUT2D eigenvalue weighted by Gasteiger charge is -2.21. The topological polar surface area (TPSA) is 90.2 Å². The molecule has 4 N–H and O–H groups in total. The van der Waals surface area contributed by atoms with Gasteiger partial charge in [-0.2, -0.15) is 0 Å². The van der Waals surface area contributed by atoms with E-state index in [1.807, 2.05) is 0 Å². The van der Waals surface area contributed by atoms with Crippen molar-refractivity contribution < 1.29 is 25.2 Å². The first kappa shape index (κ1) is 11.4. The van der Waals surface area contributed by atoms with E-state index in [2.05, 4.69) is 11.3 Å². The van der Waals surface area contributed by atoms with Gasteiger partial charge in [0.1, 0.15) is 24.1 Å². The summed E-state index contributed by atoms with van der Waals surface area (Å²) in [6.45, 7) is 2.89. The molecule has 5 nitrogen and oxygen atoms in total. The van der Waals surface area contributed by atoms with Gasteiger partial charge in [-0.1, -0.05) is 6.58 Å². The van der Waals surface area contributed by atoms with E-state index in [-0.39, 0.29) is 6.61 Å². The second-order valence-corrected chi connectivity index (χ2v) is 2.45. The first-order valence-electron chi connectivity index (χ1n) is 3.41. The van der Waals surface area contributed by atoms with Crippen LogP contribution >= 0.6 is 0 Å². The molecule has 72 valence electrons. The van der Waals surface area contributed by atoms with Crippen molar-refractivity contribution in [1.82, 2.24) is 0 Å². The van der Waals surface area contributed by atoms with Crippen molar-refractivity contribution in [2.75, 3.05) is 13.7 Å². The van der Waals surface area contributed by atoms with Crippen molar-refractivity contribution in [1.29, 1.82) is 0 Å². The van der Waals surface area contributed by atoms with Crippen LogP contribution in [-0.2, 0) is 4.74 Å². The standard InChI is InChI=1S/C7H14O5/c1-4(8)6(10)7(11)5(9)3-12-2/h5-11H,1,3H2,2H3. The van der Waals surface area contributed by atoms with Crippen LogP contribution in [0.5, 0.6) is 0 Å². The highest BCUT2D eigenvalue weighted by atomic mass is 16.5. The van der Waals surface area contributed by atoms with E-state index in [4.69, 9.17) is 20.4 Å². The minimum atomic E-state index is -1.55. The lowest BCUT2D eigenvalue weighted by molar-refractivity contribution is -0.0797. The highest BCUT2D eigenvalue weighted by Crippen LogP contribution is 2.05. The summed E-state index contributed by atoms with van der Waals surface area (Å²) in [6.07, 6.45) is -4.27. The predicted molar refractivity (Wildman–Crippen MR) is 41.7 cm³/mol. The molecule has 0 aromatic rings. The zero-order chi connectivity index (χ0) is 9.72. The van der Waals surface area contributed by atoms with Gasteiger partial charge in [0.2, 0.25) is 0 Å². The SMILES string of the molecule is C=C(O)C(O)C(O)C(O)COC. The molecule has 0 bridgehead atoms. The lowest BCUT2D eigenvalue weighted by Crippen LogP contribution is -2.40. The maximum Gasteiger partial charge on any atom is 0.139 e. The molecule has 0 heterocycles. The molecule has 0 saturated carbocycles. The summed E-state index contributed by atoms with van der Waals surface area (Å²) in [5, 5.41) is 35.8. The number of hydrogen-bond donors (Lipinski definition) is 4. The maximum absolute atomic E-state index is 9.09. The molecular weight excluding hydrogens is 164 g/mol. The average molecular weight is 178 g/mol. The van der Waals surface area contributed by atoms with E-state index in [0.29, 0.717) is 0 Å². The van der Waals surface area contributed by atoms with Gasteiger partial charge in [-0.25, -0.2) is 0 Å². The molecule has 0 amide bonds. The molecule has 0 rings (SSSR count). The normalized spacial score (nSPS) is 18.3. The Labute approximate surface area is 70.5 Å². The second kappa shape index (κ2) is 5.10. The Bertz CT molecular complexity index is 147. The first-order chi connectivity index (χ1) is 5.50. The van der Waals surface area contributed by atoms with Gasteiger partial charge in [0, 0.05) is 7.11 Å². The molecule has 0 aliphatic carbocycles. The fraction of sp³-hybridized carbons (Fsp3) is 0.714. The summed E-state index contributed by atoms with van der Waals surface area (Å²) in [7, 11) is 1.34. The van der Waals surface area contributed by atoms with E-state index in [1.54, 1.807) is 0 Å². The molecule has 12 heavy (non-hydrogen) atoms. The molecule has 0 aromatic carbocycles. The molecular formula is C7H14O5. The summed E-state index contributed by atoms with van der Waals surface area (Å²) < 4.78 is 4.52. The van der Waals surface area contributed by atoms with Crippen molar-refractivity contribution in [2.24, 2.45) is 0 Å². The van der Waals surface area contributed by atoms with Crippen LogP contribution < -0.4 is 0 Å². The quantitative estimate of drug-likeness (QED) is 0.396. The highest BCUT2D eigenvalue weighted by molar-refractivity contribution is 4.95. The largest absolute Gasteiger partial charge is 0.510 e. The summed E-state index contributed by atoms with van der Waals surface area (Å²) >= 11 is 0. The monoisotopic (exact) mass is 178 g/mol. The van der Waals surface area contributed by atoms with Crippen LogP contribution in [0.15, 0.2) is 12.3 Å². The summed E-state index contributed by atoms with van der Waals surface area (Å²) in [5.74, 6) is -0.586. The van der Waals surface area contributed by atoms with Crippen LogP contribution in [0.25, 0.3) is 0 Å². The van der Waals surface area contributed by atoms with Crippen LogP contribution in [0.2, 0.25) is 0 Å². The number of ether oxygens (including phenoxy) is 1. The smallest absolute Gasteiger partial charge is 0.139 e. The van der Waals surface area contributed by atoms with Gasteiger partial charge >= 0.3 is 0 Å². The van der Waals surface area contributed by atoms with Crippen molar-refractivity contribution >= 4 is 0 Å². The van der Waals surface area contributed by atoms with Crippen molar-refractivity contribution in [3.8, 4) is 0 Å². The Morgan fingerprint density at radius 2 is 1.92 bits per heavy atom. The first-order valence-corrected chi connectivity index (χ1v) is 3.41. The Morgan fingerprint density at radius 3 is 2.25 bits per heavy atom. The van der Waals surface area contributed by atoms with E-state index in [1.165, 1.54) is 7.11 Å². The molecule has 0 radical (unpaired) electrons. The minimum absolute atomic E-state index is 0.120. The third kappa shape index (κ3) is 3.19. The minimum Gasteiger partial charge on any atom is -0.510 e. The Morgan fingerprint density at radius 1 is 1.42 bits per heavy atom. The molecule has 0 aromatic heterocycles. The van der Waals surface area contributed by atoms with Crippen LogP contribution in [0, 0.1) is 0 Å². The third-order valence-electron chi connectivity index (χ3n) is 1.40. The lowest BCUT2D eigenvalue weighted by atomic mass is 10.1. The maximum atomic E-state index is 9.09. The van der Waals surface area contributed by atoms with Crippen molar-refractivity contribution in [3.05, 3.63) is 12.3 Å². The molecule has 0 spiro atoms. The zero-order valence-electron chi connectivity index (χ0n) is 6.84. The Hall–Kier alpha value is -0.620. The van der Waals surface area contributed by atoms with Crippen LogP contribution in [0.4, 0.5) is 0 Å². The van der Waals surface area contributed by atoms with Gasteiger partial charge in [0.25, 0.3) is 0 Å². The van der Waals surface area contributed by atoms with E-state index < -0.39 is 24.1 Å². The van der Waals surface area contributed by atoms with E-state index in [0.717, 1.165) is 0 Å². The number of aliphatic hydroxyl groups is 4. The molecule has 0 saturated heterocycles. The molecule has 0 fully saturated rings. The number of hydrogen-bond acceptors (Lipinski definition) is 5. The molecule has 3 atom stereocenters. The average Bonchev–Trinajstić information content (AvgIpc) is 2.02. The van der Waals surface area contributed by atoms with Crippen molar-refractivity contribution in [3.63, 3.8) is 0 Å². The number of methoxy groups -OCH3 is 1. The van der Waals surface area contributed by atoms with Crippen LogP contribution in [0.3, 0.4) is 0 Å². The fourth-order valence-electron chi connectivity index (χ4n) is 0.677. The van der Waals surface area contributed by atoms with E-state index in [9.17, 15) is 0 Å². The molecule has 0 aliphatic heterocycles. The van der Waals surface area contributed by atoms with Gasteiger partial charge in [0.15, 0.2) is 0 Å². The molecule has 5 heteroatoms. The highest BCUT2D eigenvalue weighted by Gasteiger charge is 2.26. The molecule has 0 aliphatic rings. The van der Waals surface area contributed by atoms with Gasteiger partial charge < -0.3 is 25.2 Å². The van der Waals surface area contributed by atoms with Gasteiger partial charge in [-0.3, -0.25) is 0 Å². The number of aliphatic hydroxyl groups excluding tert-OH is 4. The third-order valence-corrected chi connectivity index (χ3v) is 1.40. The summed E-state index contributed by atoms with van der Waals surface area (Å²) in [6, 6.07) is 0. The van der Waals surface area contributed by atoms with E-state index >= 15 is 0 Å². The number of rotatable bonds is 5. The summed E-state index contributed by atoms with van der Waals surface area (Å²) in [5.41, 5.74) is 0. The molecule has 3 unspecified atom stereocenters. The van der Waals surface area contributed by atoms with Crippen LogP contribution in [-0.4, -0.2) is 52.5 Å².